The van der Waals surface area contributed by atoms with Gasteiger partial charge in [-0.1, -0.05) is 29.8 Å². The molecule has 0 saturated carbocycles. The highest BCUT2D eigenvalue weighted by Crippen LogP contribution is 2.29. The number of fused-ring (bicyclic) bond motifs is 3. The van der Waals surface area contributed by atoms with Crippen LogP contribution in [0.5, 0.6) is 0 Å². The third kappa shape index (κ3) is 3.46. The van der Waals surface area contributed by atoms with Crippen molar-refractivity contribution in [2.75, 3.05) is 13.6 Å². The third-order valence-corrected chi connectivity index (χ3v) is 5.19. The Kier molecular flexibility index (Phi) is 5.09. The number of carboxylic acid groups (broad SMARTS) is 1. The Labute approximate surface area is 177 Å². The van der Waals surface area contributed by atoms with Crippen molar-refractivity contribution in [2.45, 2.75) is 13.5 Å². The van der Waals surface area contributed by atoms with Crippen LogP contribution in [0.25, 0.3) is 5.69 Å². The van der Waals surface area contributed by atoms with E-state index in [1.807, 2.05) is 29.7 Å². The molecule has 1 aromatic heterocycles. The molecule has 0 fully saturated rings. The number of benzene rings is 2. The van der Waals surface area contributed by atoms with E-state index in [9.17, 15) is 9.59 Å². The highest BCUT2D eigenvalue weighted by Gasteiger charge is 2.25. The maximum absolute atomic E-state index is 12.8. The number of nitrogens with zero attached hydrogens (tertiary/aromatic N) is 5. The van der Waals surface area contributed by atoms with Gasteiger partial charge in [-0.25, -0.2) is 0 Å². The van der Waals surface area contributed by atoms with Gasteiger partial charge in [-0.15, -0.1) is 10.2 Å². The molecule has 8 nitrogen and oxygen atoms in total. The van der Waals surface area contributed by atoms with Gasteiger partial charge in [0.1, 0.15) is 18.9 Å². The summed E-state index contributed by atoms with van der Waals surface area (Å²) in [5.41, 5.74) is 3.20. The van der Waals surface area contributed by atoms with E-state index in [0.29, 0.717) is 40.1 Å². The largest absolute Gasteiger partial charge is 0.480 e. The standard InChI is InChI=1S/C21H18ClN5O3/c1-12-24-25-18-10-23-20(14-5-3-4-6-16(14)22)15-9-13(7-8-17(15)27(12)18)21(30)26(2)11-19(28)29/h3-9H,10-11H2,1-2H3,(H,28,29). The zero-order valence-corrected chi connectivity index (χ0v) is 17.1. The Balaban J connectivity index is 1.90. The molecule has 2 heterocycles. The second kappa shape index (κ2) is 7.72. The van der Waals surface area contributed by atoms with Gasteiger partial charge in [0.2, 0.25) is 0 Å². The number of rotatable bonds is 4. The molecule has 2 aromatic carbocycles. The van der Waals surface area contributed by atoms with E-state index in [0.717, 1.165) is 16.2 Å². The highest BCUT2D eigenvalue weighted by atomic mass is 35.5. The minimum absolute atomic E-state index is 0.304. The molecule has 30 heavy (non-hydrogen) atoms. The lowest BCUT2D eigenvalue weighted by Crippen LogP contribution is -2.32. The van der Waals surface area contributed by atoms with E-state index in [4.69, 9.17) is 21.7 Å². The molecule has 0 bridgehead atoms. The molecule has 0 unspecified atom stereocenters. The van der Waals surface area contributed by atoms with Gasteiger partial charge in [0.25, 0.3) is 5.91 Å². The molecule has 4 rings (SSSR count). The molecular weight excluding hydrogens is 406 g/mol. The fourth-order valence-corrected chi connectivity index (χ4v) is 3.71. The van der Waals surface area contributed by atoms with Crippen LogP contribution in [0, 0.1) is 6.92 Å². The maximum Gasteiger partial charge on any atom is 0.323 e. The first kappa shape index (κ1) is 19.8. The van der Waals surface area contributed by atoms with Crippen molar-refractivity contribution in [2.24, 2.45) is 4.99 Å². The van der Waals surface area contributed by atoms with E-state index < -0.39 is 18.4 Å². The molecule has 0 saturated heterocycles. The van der Waals surface area contributed by atoms with Gasteiger partial charge in [-0.3, -0.25) is 19.1 Å². The number of carboxylic acids is 1. The number of amides is 1. The third-order valence-electron chi connectivity index (χ3n) is 4.86. The van der Waals surface area contributed by atoms with Crippen LogP contribution in [0.15, 0.2) is 47.5 Å². The molecule has 0 spiro atoms. The van der Waals surface area contributed by atoms with E-state index in [1.165, 1.54) is 7.05 Å². The summed E-state index contributed by atoms with van der Waals surface area (Å²) in [6.07, 6.45) is 0. The molecule has 0 aliphatic carbocycles. The Morgan fingerprint density at radius 2 is 1.93 bits per heavy atom. The molecular formula is C21H18ClN5O3. The number of carbonyl (C=O) groups is 2. The number of aryl methyl sites for hydroxylation is 1. The molecule has 0 radical (unpaired) electrons. The van der Waals surface area contributed by atoms with Crippen LogP contribution in [-0.4, -0.2) is 56.0 Å². The minimum atomic E-state index is -1.08. The predicted octanol–water partition coefficient (Wildman–Crippen LogP) is 2.74. The van der Waals surface area contributed by atoms with Gasteiger partial charge in [0, 0.05) is 28.8 Å². The van der Waals surface area contributed by atoms with E-state index in [-0.39, 0.29) is 0 Å². The number of likely N-dealkylation sites (N-methyl/N-ethyl adjacent to an activating group) is 1. The van der Waals surface area contributed by atoms with Crippen molar-refractivity contribution in [1.82, 2.24) is 19.7 Å². The summed E-state index contributed by atoms with van der Waals surface area (Å²) in [5, 5.41) is 17.9. The molecule has 1 N–H and O–H groups in total. The fourth-order valence-electron chi connectivity index (χ4n) is 3.49. The van der Waals surface area contributed by atoms with Crippen LogP contribution >= 0.6 is 11.6 Å². The zero-order valence-electron chi connectivity index (χ0n) is 16.3. The molecule has 0 atom stereocenters. The summed E-state index contributed by atoms with van der Waals surface area (Å²) < 4.78 is 1.90. The second-order valence-corrected chi connectivity index (χ2v) is 7.34. The first-order chi connectivity index (χ1) is 14.4. The van der Waals surface area contributed by atoms with Crippen molar-refractivity contribution in [3.05, 3.63) is 75.8 Å². The average Bonchev–Trinajstić information content (AvgIpc) is 2.99. The van der Waals surface area contributed by atoms with E-state index >= 15 is 0 Å². The van der Waals surface area contributed by atoms with Crippen LogP contribution in [0.2, 0.25) is 5.02 Å². The molecule has 152 valence electrons. The highest BCUT2D eigenvalue weighted by molar-refractivity contribution is 6.35. The lowest BCUT2D eigenvalue weighted by atomic mass is 9.97. The lowest BCUT2D eigenvalue weighted by molar-refractivity contribution is -0.137. The van der Waals surface area contributed by atoms with Crippen molar-refractivity contribution in [3.63, 3.8) is 0 Å². The van der Waals surface area contributed by atoms with E-state index in [2.05, 4.69) is 10.2 Å². The van der Waals surface area contributed by atoms with Crippen LogP contribution in [0.3, 0.4) is 0 Å². The monoisotopic (exact) mass is 423 g/mol. The van der Waals surface area contributed by atoms with Gasteiger partial charge < -0.3 is 10.0 Å². The lowest BCUT2D eigenvalue weighted by Gasteiger charge is -2.18. The van der Waals surface area contributed by atoms with Crippen molar-refractivity contribution >= 4 is 29.2 Å². The van der Waals surface area contributed by atoms with Gasteiger partial charge in [0.05, 0.1) is 11.4 Å². The number of halogens is 1. The molecule has 1 aliphatic heterocycles. The van der Waals surface area contributed by atoms with Gasteiger partial charge in [-0.2, -0.15) is 0 Å². The number of aliphatic imine (C=N–C) groups is 1. The normalized spacial score (nSPS) is 12.4. The Morgan fingerprint density at radius 3 is 2.67 bits per heavy atom. The summed E-state index contributed by atoms with van der Waals surface area (Å²) in [6, 6.07) is 12.5. The number of carbonyl (C=O) groups excluding carboxylic acids is 1. The van der Waals surface area contributed by atoms with Crippen LogP contribution in [0.4, 0.5) is 0 Å². The van der Waals surface area contributed by atoms with Gasteiger partial charge in [0.15, 0.2) is 5.82 Å². The van der Waals surface area contributed by atoms with Crippen LogP contribution < -0.4 is 0 Å². The van der Waals surface area contributed by atoms with Crippen molar-refractivity contribution in [3.8, 4) is 5.69 Å². The van der Waals surface area contributed by atoms with Crippen LogP contribution in [-0.2, 0) is 11.3 Å². The van der Waals surface area contributed by atoms with E-state index in [1.54, 1.807) is 24.3 Å². The number of hydrogen-bond acceptors (Lipinski definition) is 5. The summed E-state index contributed by atoms with van der Waals surface area (Å²) in [7, 11) is 1.45. The molecule has 3 aromatic rings. The average molecular weight is 424 g/mol. The molecule has 9 heteroatoms. The van der Waals surface area contributed by atoms with Crippen LogP contribution in [0.1, 0.15) is 33.1 Å². The van der Waals surface area contributed by atoms with Gasteiger partial charge >= 0.3 is 5.97 Å². The number of hydrogen-bond donors (Lipinski definition) is 1. The minimum Gasteiger partial charge on any atom is -0.480 e. The Bertz CT molecular complexity index is 1200. The summed E-state index contributed by atoms with van der Waals surface area (Å²) in [6.45, 7) is 1.76. The van der Waals surface area contributed by atoms with Crippen molar-refractivity contribution in [1.29, 1.82) is 0 Å². The number of aliphatic carboxylic acids is 1. The summed E-state index contributed by atoms with van der Waals surface area (Å²) in [4.78, 5) is 29.7. The topological polar surface area (TPSA) is 101 Å². The number of aromatic nitrogens is 3. The Hall–Kier alpha value is -3.52. The molecule has 1 amide bonds. The first-order valence-electron chi connectivity index (χ1n) is 9.19. The second-order valence-electron chi connectivity index (χ2n) is 6.93. The summed E-state index contributed by atoms with van der Waals surface area (Å²) >= 11 is 6.45. The summed E-state index contributed by atoms with van der Waals surface area (Å²) in [5.74, 6) is -0.103. The van der Waals surface area contributed by atoms with Gasteiger partial charge in [-0.05, 0) is 31.2 Å². The first-order valence-corrected chi connectivity index (χ1v) is 9.57. The SMILES string of the molecule is Cc1nnc2n1-c1ccc(C(=O)N(C)CC(=O)O)cc1C(c1ccccc1Cl)=NC2. The predicted molar refractivity (Wildman–Crippen MR) is 111 cm³/mol. The fraction of sp³-hybridized carbons (Fsp3) is 0.190. The molecule has 1 aliphatic rings. The quantitative estimate of drug-likeness (QED) is 0.695. The zero-order chi connectivity index (χ0) is 21.4. The smallest absolute Gasteiger partial charge is 0.323 e. The Morgan fingerprint density at radius 1 is 1.17 bits per heavy atom. The van der Waals surface area contributed by atoms with Crippen molar-refractivity contribution < 1.29 is 14.7 Å². The maximum atomic E-state index is 12.8.